The Balaban J connectivity index is 1.96. The molecule has 1 unspecified atom stereocenters. The number of benzene rings is 1. The van der Waals surface area contributed by atoms with Crippen molar-refractivity contribution < 1.29 is 19.1 Å². The lowest BCUT2D eigenvalue weighted by molar-refractivity contribution is -0.132. The van der Waals surface area contributed by atoms with Crippen molar-refractivity contribution >= 4 is 33.9 Å². The zero-order chi connectivity index (χ0) is 20.0. The van der Waals surface area contributed by atoms with E-state index in [1.807, 2.05) is 26.0 Å². The molecule has 1 aliphatic heterocycles. The molecule has 3 aromatic rings. The standard InChI is InChI=1S/C20H17N3O4S/c1-10-6-7-11(2)13(9-10)17(24)15-16(14-5-4-8-27-14)23(19(26)18(15)25)20-22-21-12(3)28-20/h4-9,16,24H,1-3H3/b17-15+. The van der Waals surface area contributed by atoms with Gasteiger partial charge in [0.1, 0.15) is 22.6 Å². The summed E-state index contributed by atoms with van der Waals surface area (Å²) in [6, 6.07) is 7.97. The number of anilines is 1. The van der Waals surface area contributed by atoms with Crippen LogP contribution in [0.2, 0.25) is 0 Å². The third-order valence-corrected chi connectivity index (χ3v) is 5.46. The van der Waals surface area contributed by atoms with E-state index in [0.717, 1.165) is 11.1 Å². The van der Waals surface area contributed by atoms with E-state index in [2.05, 4.69) is 10.2 Å². The van der Waals surface area contributed by atoms with E-state index in [9.17, 15) is 14.7 Å². The van der Waals surface area contributed by atoms with Gasteiger partial charge in [-0.1, -0.05) is 29.0 Å². The van der Waals surface area contributed by atoms with Crippen molar-refractivity contribution in [3.8, 4) is 0 Å². The minimum Gasteiger partial charge on any atom is -0.507 e. The molecular formula is C20H17N3O4S. The fraction of sp³-hybridized carbons (Fsp3) is 0.200. The predicted octanol–water partition coefficient (Wildman–Crippen LogP) is 3.68. The molecule has 3 heterocycles. The largest absolute Gasteiger partial charge is 0.507 e. The summed E-state index contributed by atoms with van der Waals surface area (Å²) in [5.74, 6) is -1.43. The van der Waals surface area contributed by atoms with Crippen molar-refractivity contribution in [3.63, 3.8) is 0 Å². The van der Waals surface area contributed by atoms with Crippen LogP contribution in [0.4, 0.5) is 5.13 Å². The molecule has 0 saturated carbocycles. The molecule has 1 aliphatic rings. The first-order valence-corrected chi connectivity index (χ1v) is 9.42. The van der Waals surface area contributed by atoms with Crippen LogP contribution in [0, 0.1) is 20.8 Å². The van der Waals surface area contributed by atoms with Gasteiger partial charge in [0.25, 0.3) is 5.78 Å². The van der Waals surface area contributed by atoms with Crippen LogP contribution in [0.3, 0.4) is 0 Å². The normalized spacial score (nSPS) is 18.8. The van der Waals surface area contributed by atoms with Gasteiger partial charge in [-0.15, -0.1) is 10.2 Å². The van der Waals surface area contributed by atoms with Gasteiger partial charge in [0.05, 0.1) is 11.8 Å². The molecule has 0 bridgehead atoms. The second kappa shape index (κ2) is 6.72. The molecule has 8 heteroatoms. The smallest absolute Gasteiger partial charge is 0.302 e. The highest BCUT2D eigenvalue weighted by molar-refractivity contribution is 7.15. The number of aromatic nitrogens is 2. The van der Waals surface area contributed by atoms with Gasteiger partial charge in [-0.3, -0.25) is 14.5 Å². The maximum absolute atomic E-state index is 12.9. The molecule has 4 rings (SSSR count). The number of furan rings is 1. The molecule has 0 radical (unpaired) electrons. The van der Waals surface area contributed by atoms with E-state index in [-0.39, 0.29) is 16.5 Å². The number of aliphatic hydroxyl groups excluding tert-OH is 1. The average Bonchev–Trinajstić information content (AvgIpc) is 3.38. The van der Waals surface area contributed by atoms with Crippen molar-refractivity contribution in [2.45, 2.75) is 26.8 Å². The Labute approximate surface area is 164 Å². The summed E-state index contributed by atoms with van der Waals surface area (Å²) in [4.78, 5) is 27.0. The summed E-state index contributed by atoms with van der Waals surface area (Å²) in [6.45, 7) is 5.49. The maximum Gasteiger partial charge on any atom is 0.302 e. The van der Waals surface area contributed by atoms with Crippen LogP contribution in [0.25, 0.3) is 5.76 Å². The molecule has 7 nitrogen and oxygen atoms in total. The molecule has 0 spiro atoms. The number of hydrogen-bond acceptors (Lipinski definition) is 7. The highest BCUT2D eigenvalue weighted by Crippen LogP contribution is 2.43. The Morgan fingerprint density at radius 2 is 1.96 bits per heavy atom. The van der Waals surface area contributed by atoms with E-state index in [0.29, 0.717) is 16.3 Å². The minimum absolute atomic E-state index is 0.0264. The summed E-state index contributed by atoms with van der Waals surface area (Å²) >= 11 is 1.19. The van der Waals surface area contributed by atoms with E-state index in [4.69, 9.17) is 4.42 Å². The Kier molecular flexibility index (Phi) is 4.35. The molecule has 1 fully saturated rings. The highest BCUT2D eigenvalue weighted by atomic mass is 32.1. The van der Waals surface area contributed by atoms with Gasteiger partial charge in [0.2, 0.25) is 5.13 Å². The van der Waals surface area contributed by atoms with Crippen LogP contribution in [-0.4, -0.2) is 27.0 Å². The number of carbonyl (C=O) groups is 2. The second-order valence-electron chi connectivity index (χ2n) is 6.61. The first-order chi connectivity index (χ1) is 13.4. The van der Waals surface area contributed by atoms with Gasteiger partial charge in [-0.2, -0.15) is 0 Å². The molecule has 0 aliphatic carbocycles. The van der Waals surface area contributed by atoms with Gasteiger partial charge in [-0.25, -0.2) is 0 Å². The summed E-state index contributed by atoms with van der Waals surface area (Å²) in [5.41, 5.74) is 2.19. The summed E-state index contributed by atoms with van der Waals surface area (Å²) < 4.78 is 5.51. The number of hydrogen-bond donors (Lipinski definition) is 1. The van der Waals surface area contributed by atoms with Gasteiger partial charge in [-0.05, 0) is 44.5 Å². The van der Waals surface area contributed by atoms with Crippen LogP contribution in [0.1, 0.15) is 33.5 Å². The third kappa shape index (κ3) is 2.82. The Morgan fingerprint density at radius 3 is 2.61 bits per heavy atom. The zero-order valence-corrected chi connectivity index (χ0v) is 16.3. The molecule has 1 saturated heterocycles. The Bertz CT molecular complexity index is 1110. The van der Waals surface area contributed by atoms with Gasteiger partial charge in [0, 0.05) is 5.56 Å². The minimum atomic E-state index is -0.915. The van der Waals surface area contributed by atoms with Crippen molar-refractivity contribution in [2.75, 3.05) is 4.90 Å². The number of carbonyl (C=O) groups excluding carboxylic acids is 2. The zero-order valence-electron chi connectivity index (χ0n) is 15.5. The third-order valence-electron chi connectivity index (χ3n) is 4.63. The lowest BCUT2D eigenvalue weighted by Crippen LogP contribution is -2.29. The van der Waals surface area contributed by atoms with Crippen LogP contribution in [0.5, 0.6) is 0 Å². The Morgan fingerprint density at radius 1 is 1.18 bits per heavy atom. The number of aryl methyl sites for hydroxylation is 3. The van der Waals surface area contributed by atoms with E-state index in [1.165, 1.54) is 22.5 Å². The highest BCUT2D eigenvalue weighted by Gasteiger charge is 2.49. The van der Waals surface area contributed by atoms with E-state index in [1.54, 1.807) is 25.1 Å². The number of ketones is 1. The van der Waals surface area contributed by atoms with Crippen LogP contribution < -0.4 is 4.90 Å². The number of nitrogens with zero attached hydrogens (tertiary/aromatic N) is 3. The number of Topliss-reactive ketones (excluding diaryl/α,β-unsaturated/α-hetero) is 1. The lowest BCUT2D eigenvalue weighted by atomic mass is 9.96. The molecule has 1 atom stereocenters. The quantitative estimate of drug-likeness (QED) is 0.413. The van der Waals surface area contributed by atoms with E-state index < -0.39 is 17.7 Å². The molecule has 28 heavy (non-hydrogen) atoms. The number of aliphatic hydroxyl groups is 1. The van der Waals surface area contributed by atoms with Crippen molar-refractivity contribution in [3.05, 3.63) is 69.6 Å². The molecule has 1 amide bonds. The molecule has 2 aromatic heterocycles. The van der Waals surface area contributed by atoms with Gasteiger partial charge in [0.15, 0.2) is 0 Å². The number of amides is 1. The summed E-state index contributed by atoms with van der Waals surface area (Å²) in [5, 5.41) is 20.0. The summed E-state index contributed by atoms with van der Waals surface area (Å²) in [6.07, 6.45) is 1.46. The van der Waals surface area contributed by atoms with Crippen molar-refractivity contribution in [1.29, 1.82) is 0 Å². The Hall–Kier alpha value is -3.26. The summed E-state index contributed by atoms with van der Waals surface area (Å²) in [7, 11) is 0. The van der Waals surface area contributed by atoms with E-state index >= 15 is 0 Å². The maximum atomic E-state index is 12.9. The molecular weight excluding hydrogens is 378 g/mol. The monoisotopic (exact) mass is 395 g/mol. The topological polar surface area (TPSA) is 96.5 Å². The fourth-order valence-corrected chi connectivity index (χ4v) is 3.98. The van der Waals surface area contributed by atoms with Gasteiger partial charge < -0.3 is 9.52 Å². The van der Waals surface area contributed by atoms with Crippen LogP contribution >= 0.6 is 11.3 Å². The van der Waals surface area contributed by atoms with Crippen LogP contribution in [-0.2, 0) is 9.59 Å². The van der Waals surface area contributed by atoms with Crippen molar-refractivity contribution in [1.82, 2.24) is 10.2 Å². The van der Waals surface area contributed by atoms with Crippen LogP contribution in [0.15, 0.2) is 46.6 Å². The fourth-order valence-electron chi connectivity index (χ4n) is 3.27. The first-order valence-electron chi connectivity index (χ1n) is 8.60. The number of rotatable bonds is 3. The first kappa shape index (κ1) is 18.1. The molecule has 1 aromatic carbocycles. The van der Waals surface area contributed by atoms with Gasteiger partial charge >= 0.3 is 5.91 Å². The predicted molar refractivity (Wildman–Crippen MR) is 104 cm³/mol. The second-order valence-corrected chi connectivity index (χ2v) is 7.77. The van der Waals surface area contributed by atoms with Crippen molar-refractivity contribution in [2.24, 2.45) is 0 Å². The lowest BCUT2D eigenvalue weighted by Gasteiger charge is -2.20. The SMILES string of the molecule is Cc1ccc(C)c(/C(O)=C2\C(=O)C(=O)N(c3nnc(C)s3)C2c2ccco2)c1. The molecule has 142 valence electrons. The molecule has 1 N–H and O–H groups in total. The average molecular weight is 395 g/mol.